The molecule has 2 aromatic heterocycles. The summed E-state index contributed by atoms with van der Waals surface area (Å²) in [4.78, 5) is 11.9. The van der Waals surface area contributed by atoms with Crippen LogP contribution in [-0.4, -0.2) is 37.5 Å². The first kappa shape index (κ1) is 13.5. The predicted molar refractivity (Wildman–Crippen MR) is 59.2 cm³/mol. The van der Waals surface area contributed by atoms with Crippen molar-refractivity contribution >= 4 is 11.0 Å². The molecule has 2 N–H and O–H groups in total. The van der Waals surface area contributed by atoms with Gasteiger partial charge < -0.3 is 5.73 Å². The lowest BCUT2D eigenvalue weighted by molar-refractivity contribution is -0.176. The predicted octanol–water partition coefficient (Wildman–Crippen LogP) is -0.338. The molecule has 0 aliphatic rings. The Morgan fingerprint density at radius 1 is 1.47 bits per heavy atom. The molecule has 104 valence electrons. The molecule has 0 aromatic carbocycles. The van der Waals surface area contributed by atoms with Crippen molar-refractivity contribution in [2.75, 3.05) is 6.54 Å². The summed E-state index contributed by atoms with van der Waals surface area (Å²) in [7, 11) is 1.55. The van der Waals surface area contributed by atoms with Gasteiger partial charge in [0.15, 0.2) is 5.65 Å². The molecule has 0 aliphatic carbocycles. The number of nitrogens with zero attached hydrogens (tertiary/aromatic N) is 5. The molecule has 0 saturated heterocycles. The van der Waals surface area contributed by atoms with Gasteiger partial charge in [-0.2, -0.15) is 18.3 Å². The van der Waals surface area contributed by atoms with Gasteiger partial charge in [0, 0.05) is 13.6 Å². The average molecular weight is 276 g/mol. The van der Waals surface area contributed by atoms with Crippen LogP contribution in [0.2, 0.25) is 0 Å². The molecule has 1 atom stereocenters. The first-order valence-electron chi connectivity index (χ1n) is 5.37. The van der Waals surface area contributed by atoms with E-state index in [0.717, 1.165) is 0 Å². The Balaban J connectivity index is 2.41. The van der Waals surface area contributed by atoms with Gasteiger partial charge in [-0.15, -0.1) is 5.10 Å². The summed E-state index contributed by atoms with van der Waals surface area (Å²) in [5, 5.41) is 11.1. The molecule has 10 heteroatoms. The average Bonchev–Trinajstić information content (AvgIpc) is 2.69. The van der Waals surface area contributed by atoms with Crippen LogP contribution in [0.1, 0.15) is 0 Å². The summed E-state index contributed by atoms with van der Waals surface area (Å²) in [5.41, 5.74) is 4.63. The van der Waals surface area contributed by atoms with E-state index in [4.69, 9.17) is 5.73 Å². The molecule has 19 heavy (non-hydrogen) atoms. The molecule has 0 fully saturated rings. The number of nitrogens with two attached hydrogens (primary N) is 1. The highest BCUT2D eigenvalue weighted by Gasteiger charge is 2.39. The van der Waals surface area contributed by atoms with Crippen LogP contribution in [0.3, 0.4) is 0 Å². The summed E-state index contributed by atoms with van der Waals surface area (Å²) < 4.78 is 39.8. The number of halogens is 3. The molecular weight excluding hydrogens is 265 g/mol. The zero-order valence-electron chi connectivity index (χ0n) is 9.92. The molecule has 0 saturated carbocycles. The van der Waals surface area contributed by atoms with E-state index in [0.29, 0.717) is 4.68 Å². The number of fused-ring (bicyclic) bond motifs is 1. The lowest BCUT2D eigenvalue weighted by Gasteiger charge is -2.18. The quantitative estimate of drug-likeness (QED) is 0.828. The van der Waals surface area contributed by atoms with Crippen molar-refractivity contribution in [3.05, 3.63) is 16.6 Å². The van der Waals surface area contributed by atoms with E-state index in [2.05, 4.69) is 15.4 Å². The van der Waals surface area contributed by atoms with Crippen LogP contribution in [0, 0.1) is 5.92 Å². The SMILES string of the molecule is Cn1ncc2c(=O)n(CC(CN)C(F)(F)F)nnc21. The second-order valence-corrected chi connectivity index (χ2v) is 4.06. The van der Waals surface area contributed by atoms with Gasteiger partial charge in [0.2, 0.25) is 0 Å². The van der Waals surface area contributed by atoms with Gasteiger partial charge >= 0.3 is 6.18 Å². The minimum absolute atomic E-state index is 0.121. The minimum atomic E-state index is -4.49. The standard InChI is InChI=1S/C9H11F3N6O/c1-17-7-6(3-14-17)8(19)18(16-15-7)4-5(2-13)9(10,11)12/h3,5H,2,4,13H2,1H3. The zero-order valence-corrected chi connectivity index (χ0v) is 9.92. The van der Waals surface area contributed by atoms with Crippen LogP contribution >= 0.6 is 0 Å². The number of alkyl halides is 3. The fourth-order valence-electron chi connectivity index (χ4n) is 1.62. The number of rotatable bonds is 3. The molecule has 7 nitrogen and oxygen atoms in total. The van der Waals surface area contributed by atoms with Crippen molar-refractivity contribution in [3.8, 4) is 0 Å². The van der Waals surface area contributed by atoms with E-state index in [-0.39, 0.29) is 11.0 Å². The van der Waals surface area contributed by atoms with E-state index < -0.39 is 30.7 Å². The van der Waals surface area contributed by atoms with Gasteiger partial charge in [-0.05, 0) is 0 Å². The third kappa shape index (κ3) is 2.43. The minimum Gasteiger partial charge on any atom is -0.330 e. The van der Waals surface area contributed by atoms with Crippen molar-refractivity contribution in [2.24, 2.45) is 18.7 Å². The lowest BCUT2D eigenvalue weighted by Crippen LogP contribution is -2.38. The largest absolute Gasteiger partial charge is 0.394 e. The van der Waals surface area contributed by atoms with Gasteiger partial charge in [-0.25, -0.2) is 9.36 Å². The van der Waals surface area contributed by atoms with Crippen LogP contribution < -0.4 is 11.3 Å². The maximum atomic E-state index is 12.6. The van der Waals surface area contributed by atoms with Gasteiger partial charge in [0.1, 0.15) is 5.39 Å². The number of hydrogen-bond donors (Lipinski definition) is 1. The molecule has 2 rings (SSSR count). The Labute approximate surface area is 104 Å². The van der Waals surface area contributed by atoms with Gasteiger partial charge in [0.05, 0.1) is 18.7 Å². The van der Waals surface area contributed by atoms with Gasteiger partial charge in [0.25, 0.3) is 5.56 Å². The molecule has 0 bridgehead atoms. The van der Waals surface area contributed by atoms with E-state index >= 15 is 0 Å². The molecule has 0 spiro atoms. The topological polar surface area (TPSA) is 91.6 Å². The number of aryl methyl sites for hydroxylation is 1. The summed E-state index contributed by atoms with van der Waals surface area (Å²) in [6.45, 7) is -1.28. The maximum Gasteiger partial charge on any atom is 0.394 e. The van der Waals surface area contributed by atoms with Crippen molar-refractivity contribution in [1.82, 2.24) is 24.8 Å². The van der Waals surface area contributed by atoms with Crippen LogP contribution in [0.25, 0.3) is 11.0 Å². The Morgan fingerprint density at radius 3 is 2.74 bits per heavy atom. The van der Waals surface area contributed by atoms with Crippen LogP contribution in [-0.2, 0) is 13.6 Å². The van der Waals surface area contributed by atoms with Crippen molar-refractivity contribution in [1.29, 1.82) is 0 Å². The number of aromatic nitrogens is 5. The van der Waals surface area contributed by atoms with Crippen molar-refractivity contribution in [3.63, 3.8) is 0 Å². The normalized spacial score (nSPS) is 13.9. The van der Waals surface area contributed by atoms with Crippen LogP contribution in [0.15, 0.2) is 11.0 Å². The zero-order chi connectivity index (χ0) is 14.2. The third-order valence-electron chi connectivity index (χ3n) is 2.76. The summed E-state index contributed by atoms with van der Waals surface area (Å²) >= 11 is 0. The molecule has 0 aliphatic heterocycles. The van der Waals surface area contributed by atoms with Gasteiger partial charge in [-0.3, -0.25) is 4.79 Å². The molecule has 2 heterocycles. The highest BCUT2D eigenvalue weighted by Crippen LogP contribution is 2.26. The highest BCUT2D eigenvalue weighted by atomic mass is 19.4. The first-order valence-corrected chi connectivity index (χ1v) is 5.37. The number of hydrogen-bond acceptors (Lipinski definition) is 5. The van der Waals surface area contributed by atoms with E-state index in [9.17, 15) is 18.0 Å². The van der Waals surface area contributed by atoms with E-state index in [1.165, 1.54) is 10.9 Å². The Hall–Kier alpha value is -1.97. The molecular formula is C9H11F3N6O. The summed E-state index contributed by atoms with van der Waals surface area (Å²) in [6.07, 6.45) is -3.24. The second-order valence-electron chi connectivity index (χ2n) is 4.06. The van der Waals surface area contributed by atoms with Crippen LogP contribution in [0.5, 0.6) is 0 Å². The molecule has 1 unspecified atom stereocenters. The van der Waals surface area contributed by atoms with E-state index in [1.807, 2.05) is 0 Å². The molecule has 0 amide bonds. The third-order valence-corrected chi connectivity index (χ3v) is 2.76. The fraction of sp³-hybridized carbons (Fsp3) is 0.556. The van der Waals surface area contributed by atoms with Crippen molar-refractivity contribution < 1.29 is 13.2 Å². The smallest absolute Gasteiger partial charge is 0.330 e. The van der Waals surface area contributed by atoms with Gasteiger partial charge in [-0.1, -0.05) is 5.21 Å². The molecule has 0 radical (unpaired) electrons. The lowest BCUT2D eigenvalue weighted by atomic mass is 10.1. The highest BCUT2D eigenvalue weighted by molar-refractivity contribution is 5.72. The Kier molecular flexibility index (Phi) is 3.27. The summed E-state index contributed by atoms with van der Waals surface area (Å²) in [5.74, 6) is -1.84. The fourth-order valence-corrected chi connectivity index (χ4v) is 1.62. The van der Waals surface area contributed by atoms with Crippen molar-refractivity contribution in [2.45, 2.75) is 12.7 Å². The summed E-state index contributed by atoms with van der Waals surface area (Å²) in [6, 6.07) is 0. The second kappa shape index (κ2) is 4.61. The van der Waals surface area contributed by atoms with E-state index in [1.54, 1.807) is 7.05 Å². The van der Waals surface area contributed by atoms with Crippen LogP contribution in [0.4, 0.5) is 13.2 Å². The Bertz CT molecular complexity index is 645. The maximum absolute atomic E-state index is 12.6. The Morgan fingerprint density at radius 2 is 2.16 bits per heavy atom. The first-order chi connectivity index (χ1) is 8.84. The monoisotopic (exact) mass is 276 g/mol. The molecule has 2 aromatic rings.